The van der Waals surface area contributed by atoms with Crippen molar-refractivity contribution in [2.75, 3.05) is 71.3 Å². The van der Waals surface area contributed by atoms with Crippen LogP contribution < -0.4 is 25.4 Å². The van der Waals surface area contributed by atoms with Crippen LogP contribution in [0.25, 0.3) is 0 Å². The first-order chi connectivity index (χ1) is 31.6. The van der Waals surface area contributed by atoms with Gasteiger partial charge in [-0.2, -0.15) is 0 Å². The number of nitrogens with zero attached hydrogens (tertiary/aromatic N) is 3. The van der Waals surface area contributed by atoms with Crippen LogP contribution in [-0.4, -0.2) is 123 Å². The first kappa shape index (κ1) is 47.4. The normalized spacial score (nSPS) is 19.5. The Kier molecular flexibility index (Phi) is 16.8. The van der Waals surface area contributed by atoms with Gasteiger partial charge in [-0.3, -0.25) is 34.2 Å². The molecule has 1 saturated carbocycles. The number of halogens is 2. The third kappa shape index (κ3) is 12.4. The second kappa shape index (κ2) is 23.1. The van der Waals surface area contributed by atoms with E-state index in [0.717, 1.165) is 10.6 Å². The van der Waals surface area contributed by atoms with Crippen LogP contribution in [0.2, 0.25) is 5.02 Å². The summed E-state index contributed by atoms with van der Waals surface area (Å²) in [6.45, 7) is 2.84. The van der Waals surface area contributed by atoms with Crippen molar-refractivity contribution in [2.45, 2.75) is 57.1 Å². The summed E-state index contributed by atoms with van der Waals surface area (Å²) in [4.78, 5) is 74.0. The highest BCUT2D eigenvalue weighted by Crippen LogP contribution is 2.41. The Labute approximate surface area is 383 Å². The third-order valence-corrected chi connectivity index (χ3v) is 12.1. The van der Waals surface area contributed by atoms with Gasteiger partial charge in [0.15, 0.2) is 16.7 Å². The standard InChI is InChI=1S/C45H50ClFN6O11S/c46-32-6-3-8-35(39(32)47)64-30-12-14-45(15-13-30,28-29-4-1-9-36(50-29)51-44-49-17-27-65-44)43(58)48-16-18-59-19-20-60-21-22-61-23-24-62-25-26-63-34-7-2-5-31-38(34)42(57)53(41(31)56)33-10-11-37(54)52-40(33)55/h1-9,17,27,30,33H,10-16,18-26,28H2,(H,48,58)(H,49,50,51)(H,52,54,55). The molecule has 1 atom stereocenters. The number of pyridine rings is 1. The molecule has 1 saturated heterocycles. The van der Waals surface area contributed by atoms with Crippen LogP contribution in [0.1, 0.15) is 64.9 Å². The number of fused-ring (bicyclic) bond motifs is 1. The lowest BCUT2D eigenvalue weighted by molar-refractivity contribution is -0.136. The van der Waals surface area contributed by atoms with E-state index in [9.17, 15) is 28.4 Å². The fraction of sp³-hybridized carbons (Fsp3) is 0.444. The maximum atomic E-state index is 14.6. The van der Waals surface area contributed by atoms with Gasteiger partial charge in [0.1, 0.15) is 24.2 Å². The van der Waals surface area contributed by atoms with Crippen LogP contribution in [-0.2, 0) is 39.8 Å². The monoisotopic (exact) mass is 936 g/mol. The van der Waals surface area contributed by atoms with Crippen molar-refractivity contribution in [2.24, 2.45) is 5.41 Å². The predicted molar refractivity (Wildman–Crippen MR) is 235 cm³/mol. The predicted octanol–water partition coefficient (Wildman–Crippen LogP) is 5.29. The lowest BCUT2D eigenvalue weighted by Gasteiger charge is -2.39. The second-order valence-corrected chi connectivity index (χ2v) is 16.8. The number of imide groups is 2. The molecule has 20 heteroatoms. The quantitative estimate of drug-likeness (QED) is 0.0604. The molecule has 0 bridgehead atoms. The fourth-order valence-electron chi connectivity index (χ4n) is 7.89. The van der Waals surface area contributed by atoms with Gasteiger partial charge < -0.3 is 39.1 Å². The summed E-state index contributed by atoms with van der Waals surface area (Å²) in [5, 5.41) is 11.0. The number of rotatable bonds is 24. The number of ether oxygens (including phenoxy) is 6. The van der Waals surface area contributed by atoms with Crippen molar-refractivity contribution in [3.63, 3.8) is 0 Å². The maximum Gasteiger partial charge on any atom is 0.266 e. The molecule has 17 nitrogen and oxygen atoms in total. The van der Waals surface area contributed by atoms with Crippen LogP contribution in [0.4, 0.5) is 15.3 Å². The minimum Gasteiger partial charge on any atom is -0.490 e. The van der Waals surface area contributed by atoms with Crippen LogP contribution in [0.5, 0.6) is 11.5 Å². The van der Waals surface area contributed by atoms with Gasteiger partial charge in [0.05, 0.1) is 80.5 Å². The zero-order valence-electron chi connectivity index (χ0n) is 35.5. The lowest BCUT2D eigenvalue weighted by Crippen LogP contribution is -2.54. The Bertz CT molecular complexity index is 2300. The molecule has 7 rings (SSSR count). The summed E-state index contributed by atoms with van der Waals surface area (Å²) in [7, 11) is 0. The Balaban J connectivity index is 0.755. The molecule has 4 aromatic rings. The molecule has 2 aliphatic heterocycles. The summed E-state index contributed by atoms with van der Waals surface area (Å²) < 4.78 is 48.8. The molecule has 2 aromatic carbocycles. The molecular formula is C45H50ClFN6O11S. The summed E-state index contributed by atoms with van der Waals surface area (Å²) in [5.41, 5.74) is 0.211. The van der Waals surface area contributed by atoms with Gasteiger partial charge >= 0.3 is 0 Å². The summed E-state index contributed by atoms with van der Waals surface area (Å²) >= 11 is 7.44. The second-order valence-electron chi connectivity index (χ2n) is 15.5. The molecule has 2 fully saturated rings. The highest BCUT2D eigenvalue weighted by Gasteiger charge is 2.46. The van der Waals surface area contributed by atoms with Crippen molar-refractivity contribution in [3.05, 3.63) is 93.8 Å². The molecule has 0 radical (unpaired) electrons. The fourth-order valence-corrected chi connectivity index (χ4v) is 8.59. The number of thiazole rings is 1. The van der Waals surface area contributed by atoms with Gasteiger partial charge in [0.25, 0.3) is 11.8 Å². The smallest absolute Gasteiger partial charge is 0.266 e. The highest BCUT2D eigenvalue weighted by atomic mass is 35.5. The first-order valence-corrected chi connectivity index (χ1v) is 22.7. The Morgan fingerprint density at radius 3 is 2.23 bits per heavy atom. The van der Waals surface area contributed by atoms with Crippen LogP contribution in [0.15, 0.2) is 66.2 Å². The number of piperidine rings is 1. The van der Waals surface area contributed by atoms with E-state index in [2.05, 4.69) is 20.9 Å². The number of carbonyl (C=O) groups excluding carboxylic acids is 5. The van der Waals surface area contributed by atoms with Gasteiger partial charge in [0.2, 0.25) is 17.7 Å². The Morgan fingerprint density at radius 2 is 1.52 bits per heavy atom. The molecule has 65 heavy (non-hydrogen) atoms. The van der Waals surface area contributed by atoms with Crippen molar-refractivity contribution < 1.29 is 56.8 Å². The highest BCUT2D eigenvalue weighted by molar-refractivity contribution is 7.13. The number of aromatic nitrogens is 2. The molecule has 2 aromatic heterocycles. The zero-order chi connectivity index (χ0) is 45.6. The van der Waals surface area contributed by atoms with E-state index in [0.29, 0.717) is 82.6 Å². The average molecular weight is 937 g/mol. The van der Waals surface area contributed by atoms with Crippen LogP contribution in [0, 0.1) is 11.2 Å². The lowest BCUT2D eigenvalue weighted by atomic mass is 9.69. The largest absolute Gasteiger partial charge is 0.490 e. The van der Waals surface area contributed by atoms with E-state index in [-0.39, 0.29) is 78.9 Å². The summed E-state index contributed by atoms with van der Waals surface area (Å²) in [6, 6.07) is 13.9. The minimum atomic E-state index is -1.06. The van der Waals surface area contributed by atoms with E-state index in [1.807, 2.05) is 23.6 Å². The molecule has 346 valence electrons. The molecule has 5 amide bonds. The number of amides is 5. The van der Waals surface area contributed by atoms with Gasteiger partial charge in [-0.05, 0) is 68.5 Å². The molecular weight excluding hydrogens is 887 g/mol. The van der Waals surface area contributed by atoms with Crippen molar-refractivity contribution in [1.29, 1.82) is 0 Å². The number of carbonyl (C=O) groups is 5. The SMILES string of the molecule is O=C1CCC(N2C(=O)c3cccc(OCCOCCOCCOCCOCCNC(=O)C4(Cc5cccc(Nc6nccs6)n5)CCC(Oc5cccc(Cl)c5F)CC4)c3C2=O)C(=O)N1. The van der Waals surface area contributed by atoms with E-state index in [1.54, 1.807) is 30.5 Å². The van der Waals surface area contributed by atoms with Gasteiger partial charge in [-0.25, -0.2) is 14.4 Å². The van der Waals surface area contributed by atoms with Crippen molar-refractivity contribution >= 4 is 63.4 Å². The van der Waals surface area contributed by atoms with E-state index in [1.165, 1.54) is 23.5 Å². The minimum absolute atomic E-state index is 0.00697. The Hall–Kier alpha value is -5.57. The van der Waals surface area contributed by atoms with E-state index < -0.39 is 40.9 Å². The van der Waals surface area contributed by atoms with Crippen molar-refractivity contribution in [1.82, 2.24) is 25.5 Å². The number of hydrogen-bond acceptors (Lipinski definition) is 15. The first-order valence-electron chi connectivity index (χ1n) is 21.4. The third-order valence-electron chi connectivity index (χ3n) is 11.1. The van der Waals surface area contributed by atoms with Crippen LogP contribution >= 0.6 is 22.9 Å². The van der Waals surface area contributed by atoms with Crippen molar-refractivity contribution in [3.8, 4) is 11.5 Å². The van der Waals surface area contributed by atoms with Gasteiger partial charge in [-0.1, -0.05) is 29.8 Å². The number of nitrogens with one attached hydrogen (secondary N) is 3. The molecule has 1 aliphatic carbocycles. The summed E-state index contributed by atoms with van der Waals surface area (Å²) in [6.07, 6.45) is 4.03. The average Bonchev–Trinajstić information content (AvgIpc) is 3.90. The molecule has 0 spiro atoms. The molecule has 3 N–H and O–H groups in total. The maximum absolute atomic E-state index is 14.6. The number of hydrogen-bond donors (Lipinski definition) is 3. The molecule has 4 heterocycles. The zero-order valence-corrected chi connectivity index (χ0v) is 37.1. The van der Waals surface area contributed by atoms with Crippen LogP contribution in [0.3, 0.4) is 0 Å². The van der Waals surface area contributed by atoms with E-state index >= 15 is 0 Å². The topological polar surface area (TPSA) is 206 Å². The summed E-state index contributed by atoms with van der Waals surface area (Å²) in [5.74, 6) is -2.13. The number of anilines is 2. The van der Waals surface area contributed by atoms with E-state index in [4.69, 9.17) is 45.0 Å². The molecule has 3 aliphatic rings. The molecule has 1 unspecified atom stereocenters. The number of benzene rings is 2. The Morgan fingerprint density at radius 1 is 0.846 bits per heavy atom. The van der Waals surface area contributed by atoms with Gasteiger partial charge in [0, 0.05) is 36.7 Å². The van der Waals surface area contributed by atoms with Gasteiger partial charge in [-0.15, -0.1) is 11.3 Å².